The van der Waals surface area contributed by atoms with E-state index in [9.17, 15) is 4.79 Å². The lowest BCUT2D eigenvalue weighted by molar-refractivity contribution is -0.116. The highest BCUT2D eigenvalue weighted by atomic mass is 16.1. The second-order valence-electron chi connectivity index (χ2n) is 5.97. The summed E-state index contributed by atoms with van der Waals surface area (Å²) in [5, 5.41) is 3.19. The molecule has 1 rings (SSSR count). The van der Waals surface area contributed by atoms with Gasteiger partial charge in [-0.1, -0.05) is 38.5 Å². The molecule has 126 valence electrons. The molecule has 0 aromatic carbocycles. The number of carbonyl (C=O) groups is 1. The van der Waals surface area contributed by atoms with Gasteiger partial charge in [0, 0.05) is 32.9 Å². The molecule has 0 saturated carbocycles. The Hall–Kier alpha value is -1.36. The quantitative estimate of drug-likeness (QED) is 0.639. The Morgan fingerprint density at radius 2 is 1.64 bits per heavy atom. The molecule has 0 atom stereocenters. The summed E-state index contributed by atoms with van der Waals surface area (Å²) in [5.41, 5.74) is 0.747. The number of rotatable bonds is 11. The highest BCUT2D eigenvalue weighted by Gasteiger charge is 2.00. The SMILES string of the molecule is CNCCCCCCCCCCn1ccn(C)c1=NC(C)=O. The average Bonchev–Trinajstić information content (AvgIpc) is 2.81. The Morgan fingerprint density at radius 1 is 1.05 bits per heavy atom. The lowest BCUT2D eigenvalue weighted by Crippen LogP contribution is -2.25. The minimum atomic E-state index is -0.145. The van der Waals surface area contributed by atoms with Gasteiger partial charge in [-0.2, -0.15) is 4.99 Å². The summed E-state index contributed by atoms with van der Waals surface area (Å²) in [7, 11) is 3.94. The van der Waals surface area contributed by atoms with Crippen molar-refractivity contribution in [2.75, 3.05) is 13.6 Å². The fourth-order valence-corrected chi connectivity index (χ4v) is 2.62. The maximum atomic E-state index is 11.2. The van der Waals surface area contributed by atoms with Gasteiger partial charge in [-0.3, -0.25) is 4.79 Å². The third-order valence-corrected chi connectivity index (χ3v) is 3.88. The molecule has 1 amide bonds. The van der Waals surface area contributed by atoms with E-state index >= 15 is 0 Å². The molecule has 0 saturated heterocycles. The van der Waals surface area contributed by atoms with Gasteiger partial charge in [0.25, 0.3) is 0 Å². The van der Waals surface area contributed by atoms with Crippen LogP contribution in [0.1, 0.15) is 58.3 Å². The van der Waals surface area contributed by atoms with Crippen LogP contribution in [0.15, 0.2) is 17.4 Å². The first-order valence-electron chi connectivity index (χ1n) is 8.57. The highest BCUT2D eigenvalue weighted by molar-refractivity contribution is 5.73. The summed E-state index contributed by atoms with van der Waals surface area (Å²) in [6, 6.07) is 0. The average molecular weight is 308 g/mol. The van der Waals surface area contributed by atoms with Crippen molar-refractivity contribution in [1.29, 1.82) is 0 Å². The normalized spacial score (nSPS) is 12.0. The minimum Gasteiger partial charge on any atom is -0.320 e. The van der Waals surface area contributed by atoms with Crippen molar-refractivity contribution in [3.05, 3.63) is 18.0 Å². The van der Waals surface area contributed by atoms with Crippen molar-refractivity contribution in [2.24, 2.45) is 12.0 Å². The van der Waals surface area contributed by atoms with Crippen LogP contribution in [0.4, 0.5) is 0 Å². The van der Waals surface area contributed by atoms with Crippen molar-refractivity contribution in [2.45, 2.75) is 64.8 Å². The summed E-state index contributed by atoms with van der Waals surface area (Å²) in [6.07, 6.45) is 14.3. The van der Waals surface area contributed by atoms with Crippen LogP contribution in [-0.2, 0) is 18.4 Å². The number of hydrogen-bond donors (Lipinski definition) is 1. The van der Waals surface area contributed by atoms with Gasteiger partial charge >= 0.3 is 0 Å². The van der Waals surface area contributed by atoms with Crippen molar-refractivity contribution in [3.63, 3.8) is 0 Å². The fourth-order valence-electron chi connectivity index (χ4n) is 2.62. The number of nitrogens with zero attached hydrogens (tertiary/aromatic N) is 3. The van der Waals surface area contributed by atoms with Gasteiger partial charge in [-0.05, 0) is 26.4 Å². The number of carbonyl (C=O) groups excluding carboxylic acids is 1. The lowest BCUT2D eigenvalue weighted by atomic mass is 10.1. The molecule has 0 spiro atoms. The Morgan fingerprint density at radius 3 is 2.23 bits per heavy atom. The largest absolute Gasteiger partial charge is 0.320 e. The third-order valence-electron chi connectivity index (χ3n) is 3.88. The van der Waals surface area contributed by atoms with Gasteiger partial charge < -0.3 is 14.5 Å². The van der Waals surface area contributed by atoms with Gasteiger partial charge in [-0.15, -0.1) is 0 Å². The van der Waals surface area contributed by atoms with Crippen LogP contribution in [0.25, 0.3) is 0 Å². The summed E-state index contributed by atoms with van der Waals surface area (Å²) in [4.78, 5) is 15.2. The van der Waals surface area contributed by atoms with Gasteiger partial charge in [0.2, 0.25) is 11.5 Å². The molecule has 1 N–H and O–H groups in total. The van der Waals surface area contributed by atoms with Gasteiger partial charge in [0.05, 0.1) is 0 Å². The summed E-state index contributed by atoms with van der Waals surface area (Å²) in [6.45, 7) is 3.57. The van der Waals surface area contributed by atoms with E-state index in [0.717, 1.165) is 25.1 Å². The predicted molar refractivity (Wildman–Crippen MR) is 90.5 cm³/mol. The summed E-state index contributed by atoms with van der Waals surface area (Å²) in [5.74, 6) is -0.145. The van der Waals surface area contributed by atoms with E-state index in [1.165, 1.54) is 51.9 Å². The van der Waals surface area contributed by atoms with E-state index in [4.69, 9.17) is 0 Å². The van der Waals surface area contributed by atoms with Crippen molar-refractivity contribution in [1.82, 2.24) is 14.5 Å². The zero-order valence-corrected chi connectivity index (χ0v) is 14.5. The first-order chi connectivity index (χ1) is 10.6. The Labute approximate surface area is 134 Å². The summed E-state index contributed by atoms with van der Waals surface area (Å²) < 4.78 is 3.96. The number of aromatic nitrogens is 2. The van der Waals surface area contributed by atoms with Crippen LogP contribution in [0.3, 0.4) is 0 Å². The lowest BCUT2D eigenvalue weighted by Gasteiger charge is -2.04. The Bertz CT molecular complexity index is 487. The minimum absolute atomic E-state index is 0.145. The number of hydrogen-bond acceptors (Lipinski definition) is 2. The van der Waals surface area contributed by atoms with Crippen LogP contribution in [0.2, 0.25) is 0 Å². The molecule has 5 nitrogen and oxygen atoms in total. The number of aryl methyl sites for hydroxylation is 2. The number of unbranched alkanes of at least 4 members (excludes halogenated alkanes) is 7. The van der Waals surface area contributed by atoms with E-state index in [1.54, 1.807) is 0 Å². The van der Waals surface area contributed by atoms with Crippen LogP contribution in [-0.4, -0.2) is 28.6 Å². The number of imidazole rings is 1. The van der Waals surface area contributed by atoms with Crippen LogP contribution < -0.4 is 10.9 Å². The van der Waals surface area contributed by atoms with Crippen molar-refractivity contribution >= 4 is 5.91 Å². The molecule has 0 bridgehead atoms. The molecule has 1 aromatic heterocycles. The van der Waals surface area contributed by atoms with E-state index < -0.39 is 0 Å². The van der Waals surface area contributed by atoms with E-state index in [2.05, 4.69) is 14.9 Å². The molecular weight excluding hydrogens is 276 g/mol. The molecule has 0 radical (unpaired) electrons. The molecule has 0 aliphatic carbocycles. The monoisotopic (exact) mass is 308 g/mol. The van der Waals surface area contributed by atoms with Gasteiger partial charge in [-0.25, -0.2) is 0 Å². The maximum absolute atomic E-state index is 11.2. The Balaban J connectivity index is 2.14. The van der Waals surface area contributed by atoms with E-state index in [1.807, 2.05) is 31.1 Å². The predicted octanol–water partition coefficient (Wildman–Crippen LogP) is 2.61. The second-order valence-corrected chi connectivity index (χ2v) is 5.97. The van der Waals surface area contributed by atoms with E-state index in [-0.39, 0.29) is 5.91 Å². The van der Waals surface area contributed by atoms with Crippen LogP contribution >= 0.6 is 0 Å². The topological polar surface area (TPSA) is 51.3 Å². The standard InChI is InChI=1S/C17H32N4O/c1-16(22)19-17-20(3)14-15-21(17)13-11-9-7-5-4-6-8-10-12-18-2/h14-15,18H,4-13H2,1-3H3. The fraction of sp³-hybridized carbons (Fsp3) is 0.765. The summed E-state index contributed by atoms with van der Waals surface area (Å²) >= 11 is 0. The third kappa shape index (κ3) is 7.59. The number of amides is 1. The van der Waals surface area contributed by atoms with Crippen molar-refractivity contribution < 1.29 is 4.79 Å². The zero-order valence-electron chi connectivity index (χ0n) is 14.5. The Kier molecular flexibility index (Phi) is 9.55. The van der Waals surface area contributed by atoms with Crippen LogP contribution in [0, 0.1) is 0 Å². The molecule has 1 heterocycles. The number of nitrogens with one attached hydrogen (secondary N) is 1. The maximum Gasteiger partial charge on any atom is 0.245 e. The smallest absolute Gasteiger partial charge is 0.245 e. The highest BCUT2D eigenvalue weighted by Crippen LogP contribution is 2.08. The molecule has 0 unspecified atom stereocenters. The van der Waals surface area contributed by atoms with Gasteiger partial charge in [0.1, 0.15) is 0 Å². The second kappa shape index (κ2) is 11.2. The van der Waals surface area contributed by atoms with Crippen LogP contribution in [0.5, 0.6) is 0 Å². The van der Waals surface area contributed by atoms with Crippen molar-refractivity contribution in [3.8, 4) is 0 Å². The first-order valence-corrected chi connectivity index (χ1v) is 8.57. The van der Waals surface area contributed by atoms with E-state index in [0.29, 0.717) is 0 Å². The zero-order chi connectivity index (χ0) is 16.2. The first kappa shape index (κ1) is 18.7. The molecular formula is C17H32N4O. The molecule has 5 heteroatoms. The molecule has 0 fully saturated rings. The molecule has 22 heavy (non-hydrogen) atoms. The molecule has 0 aliphatic rings. The molecule has 1 aromatic rings. The van der Waals surface area contributed by atoms with Gasteiger partial charge in [0.15, 0.2) is 0 Å². The molecule has 0 aliphatic heterocycles.